The van der Waals surface area contributed by atoms with Crippen LogP contribution < -0.4 is 10.5 Å². The molecule has 0 aliphatic carbocycles. The minimum absolute atomic E-state index is 0.0967. The molecule has 0 atom stereocenters. The molecular formula is C21H19N5OS. The van der Waals surface area contributed by atoms with Gasteiger partial charge in [-0.2, -0.15) is 4.98 Å². The normalized spacial score (nSPS) is 13.7. The lowest BCUT2D eigenvalue weighted by Gasteiger charge is -2.28. The summed E-state index contributed by atoms with van der Waals surface area (Å²) in [5.74, 6) is 1.34. The van der Waals surface area contributed by atoms with Crippen molar-refractivity contribution in [3.8, 4) is 10.6 Å². The zero-order valence-electron chi connectivity index (χ0n) is 15.7. The number of benzene rings is 1. The minimum atomic E-state index is -0.0967. The first-order valence-corrected chi connectivity index (χ1v) is 10.1. The lowest BCUT2D eigenvalue weighted by molar-refractivity contribution is 0.714. The van der Waals surface area contributed by atoms with Crippen molar-refractivity contribution in [3.63, 3.8) is 0 Å². The van der Waals surface area contributed by atoms with E-state index in [0.29, 0.717) is 11.5 Å². The van der Waals surface area contributed by atoms with Gasteiger partial charge in [-0.1, -0.05) is 30.3 Å². The highest BCUT2D eigenvalue weighted by Crippen LogP contribution is 2.33. The second-order valence-electron chi connectivity index (χ2n) is 7.08. The van der Waals surface area contributed by atoms with Gasteiger partial charge in [0.1, 0.15) is 10.8 Å². The smallest absolute Gasteiger partial charge is 0.259 e. The SMILES string of the molecule is Cc1cc(=O)n2cc(C)c(N3CCc4nc(-c5ccccc5)sc4C3)nc2n1. The number of hydrogen-bond acceptors (Lipinski definition) is 6. The van der Waals surface area contributed by atoms with Crippen LogP contribution in [-0.4, -0.2) is 25.9 Å². The summed E-state index contributed by atoms with van der Waals surface area (Å²) in [6.45, 7) is 5.44. The van der Waals surface area contributed by atoms with Crippen molar-refractivity contribution in [2.45, 2.75) is 26.8 Å². The highest BCUT2D eigenvalue weighted by atomic mass is 32.1. The molecule has 1 aliphatic heterocycles. The van der Waals surface area contributed by atoms with Crippen molar-refractivity contribution in [1.82, 2.24) is 19.4 Å². The summed E-state index contributed by atoms with van der Waals surface area (Å²) in [5, 5.41) is 1.07. The molecular weight excluding hydrogens is 370 g/mol. The average molecular weight is 389 g/mol. The average Bonchev–Trinajstić information content (AvgIpc) is 3.12. The second-order valence-corrected chi connectivity index (χ2v) is 8.16. The van der Waals surface area contributed by atoms with Crippen molar-refractivity contribution >= 4 is 22.9 Å². The molecule has 0 N–H and O–H groups in total. The van der Waals surface area contributed by atoms with E-state index >= 15 is 0 Å². The van der Waals surface area contributed by atoms with E-state index in [1.54, 1.807) is 11.3 Å². The predicted molar refractivity (Wildman–Crippen MR) is 111 cm³/mol. The molecule has 0 saturated carbocycles. The first kappa shape index (κ1) is 17.1. The molecule has 28 heavy (non-hydrogen) atoms. The molecule has 0 amide bonds. The van der Waals surface area contributed by atoms with Crippen LogP contribution in [0.2, 0.25) is 0 Å². The fraction of sp³-hybridized carbons (Fsp3) is 0.238. The van der Waals surface area contributed by atoms with E-state index < -0.39 is 0 Å². The third-order valence-electron chi connectivity index (χ3n) is 4.99. The largest absolute Gasteiger partial charge is 0.351 e. The van der Waals surface area contributed by atoms with E-state index in [1.807, 2.05) is 38.2 Å². The molecule has 6 nitrogen and oxygen atoms in total. The van der Waals surface area contributed by atoms with Crippen molar-refractivity contribution in [2.75, 3.05) is 11.4 Å². The van der Waals surface area contributed by atoms with Crippen LogP contribution in [0.1, 0.15) is 21.8 Å². The Morgan fingerprint density at radius 2 is 1.89 bits per heavy atom. The lowest BCUT2D eigenvalue weighted by Crippen LogP contribution is -2.31. The summed E-state index contributed by atoms with van der Waals surface area (Å²) in [6.07, 6.45) is 2.73. The van der Waals surface area contributed by atoms with Crippen LogP contribution in [0.25, 0.3) is 16.3 Å². The van der Waals surface area contributed by atoms with Gasteiger partial charge in [-0.25, -0.2) is 9.97 Å². The van der Waals surface area contributed by atoms with E-state index in [2.05, 4.69) is 22.0 Å². The van der Waals surface area contributed by atoms with Gasteiger partial charge in [0.15, 0.2) is 0 Å². The van der Waals surface area contributed by atoms with Gasteiger partial charge in [0.05, 0.1) is 12.2 Å². The molecule has 7 heteroatoms. The van der Waals surface area contributed by atoms with Gasteiger partial charge in [0, 0.05) is 46.9 Å². The van der Waals surface area contributed by atoms with E-state index in [9.17, 15) is 4.79 Å². The Kier molecular flexibility index (Phi) is 3.98. The Morgan fingerprint density at radius 3 is 2.71 bits per heavy atom. The van der Waals surface area contributed by atoms with Gasteiger partial charge in [0.25, 0.3) is 5.56 Å². The number of thiazole rings is 1. The second kappa shape index (κ2) is 6.53. The lowest BCUT2D eigenvalue weighted by atomic mass is 10.1. The number of hydrogen-bond donors (Lipinski definition) is 0. The van der Waals surface area contributed by atoms with Gasteiger partial charge in [0.2, 0.25) is 5.78 Å². The van der Waals surface area contributed by atoms with Gasteiger partial charge in [-0.15, -0.1) is 11.3 Å². The summed E-state index contributed by atoms with van der Waals surface area (Å²) >= 11 is 1.75. The fourth-order valence-electron chi connectivity index (χ4n) is 3.63. The number of anilines is 1. The predicted octanol–water partition coefficient (Wildman–Crippen LogP) is 3.39. The van der Waals surface area contributed by atoms with Gasteiger partial charge < -0.3 is 4.90 Å². The Bertz CT molecular complexity index is 1250. The first-order chi connectivity index (χ1) is 13.6. The summed E-state index contributed by atoms with van der Waals surface area (Å²) in [6, 6.07) is 11.8. The molecule has 0 unspecified atom stereocenters. The number of aryl methyl sites for hydroxylation is 2. The van der Waals surface area contributed by atoms with E-state index in [1.165, 1.54) is 21.0 Å². The standard InChI is InChI=1S/C21H19N5OS/c1-13-11-26-18(27)10-14(2)22-21(26)24-19(13)25-9-8-16-17(12-25)28-20(23-16)15-6-4-3-5-7-15/h3-7,10-11H,8-9,12H2,1-2H3. The maximum Gasteiger partial charge on any atom is 0.259 e. The molecule has 5 rings (SSSR count). The molecule has 3 aromatic heterocycles. The van der Waals surface area contributed by atoms with Crippen LogP contribution >= 0.6 is 11.3 Å². The molecule has 1 aliphatic rings. The Morgan fingerprint density at radius 1 is 1.07 bits per heavy atom. The zero-order valence-corrected chi connectivity index (χ0v) is 16.5. The maximum atomic E-state index is 12.2. The molecule has 4 aromatic rings. The zero-order chi connectivity index (χ0) is 19.3. The fourth-order valence-corrected chi connectivity index (χ4v) is 4.75. The molecule has 140 valence electrons. The third-order valence-corrected chi connectivity index (χ3v) is 6.13. The molecule has 0 spiro atoms. The number of aromatic nitrogens is 4. The topological polar surface area (TPSA) is 63.4 Å². The highest BCUT2D eigenvalue weighted by molar-refractivity contribution is 7.15. The number of nitrogens with zero attached hydrogens (tertiary/aromatic N) is 5. The first-order valence-electron chi connectivity index (χ1n) is 9.25. The Balaban J connectivity index is 1.52. The van der Waals surface area contributed by atoms with Crippen LogP contribution in [-0.2, 0) is 13.0 Å². The van der Waals surface area contributed by atoms with E-state index in [4.69, 9.17) is 9.97 Å². The van der Waals surface area contributed by atoms with Crippen LogP contribution in [0.4, 0.5) is 5.82 Å². The third kappa shape index (κ3) is 2.88. The quantitative estimate of drug-likeness (QED) is 0.526. The highest BCUT2D eigenvalue weighted by Gasteiger charge is 2.23. The van der Waals surface area contributed by atoms with Crippen molar-refractivity contribution in [1.29, 1.82) is 0 Å². The van der Waals surface area contributed by atoms with Crippen molar-refractivity contribution < 1.29 is 0 Å². The number of fused-ring (bicyclic) bond motifs is 2. The van der Waals surface area contributed by atoms with E-state index in [-0.39, 0.29) is 5.56 Å². The van der Waals surface area contributed by atoms with Gasteiger partial charge in [-0.3, -0.25) is 9.20 Å². The molecule has 0 radical (unpaired) electrons. The summed E-state index contributed by atoms with van der Waals surface area (Å²) in [5.41, 5.74) is 3.90. The molecule has 0 bridgehead atoms. The van der Waals surface area contributed by atoms with Crippen molar-refractivity contribution in [2.24, 2.45) is 0 Å². The van der Waals surface area contributed by atoms with Gasteiger partial charge in [-0.05, 0) is 13.8 Å². The number of rotatable bonds is 2. The van der Waals surface area contributed by atoms with Crippen LogP contribution in [0.5, 0.6) is 0 Å². The molecule has 0 saturated heterocycles. The Labute approximate surface area is 166 Å². The monoisotopic (exact) mass is 389 g/mol. The molecule has 0 fully saturated rings. The summed E-state index contributed by atoms with van der Waals surface area (Å²) in [7, 11) is 0. The Hall–Kier alpha value is -3.06. The van der Waals surface area contributed by atoms with Crippen LogP contribution in [0.15, 0.2) is 47.4 Å². The molecule has 4 heterocycles. The molecule has 1 aromatic carbocycles. The minimum Gasteiger partial charge on any atom is -0.351 e. The van der Waals surface area contributed by atoms with Crippen LogP contribution in [0, 0.1) is 13.8 Å². The van der Waals surface area contributed by atoms with Gasteiger partial charge >= 0.3 is 0 Å². The van der Waals surface area contributed by atoms with Crippen molar-refractivity contribution in [3.05, 3.63) is 74.8 Å². The van der Waals surface area contributed by atoms with Crippen LogP contribution in [0.3, 0.4) is 0 Å². The van der Waals surface area contributed by atoms with E-state index in [0.717, 1.165) is 41.5 Å². The summed E-state index contributed by atoms with van der Waals surface area (Å²) in [4.78, 5) is 29.8. The summed E-state index contributed by atoms with van der Waals surface area (Å²) < 4.78 is 1.52. The maximum absolute atomic E-state index is 12.2.